The molecule has 2 N–H and O–H groups in total. The molecule has 0 aromatic carbocycles. The minimum Gasteiger partial charge on any atom is -0.327 e. The van der Waals surface area contributed by atoms with Crippen molar-refractivity contribution in [3.63, 3.8) is 0 Å². The van der Waals surface area contributed by atoms with Gasteiger partial charge in [0, 0.05) is 5.75 Å². The van der Waals surface area contributed by atoms with Crippen molar-refractivity contribution in [2.75, 3.05) is 5.75 Å². The summed E-state index contributed by atoms with van der Waals surface area (Å²) < 4.78 is 0. The summed E-state index contributed by atoms with van der Waals surface area (Å²) >= 11 is 1.65. The average molecular weight is 252 g/mol. The normalized spacial score (nSPS) is 11.1. The van der Waals surface area contributed by atoms with Crippen LogP contribution in [0.5, 0.6) is 0 Å². The summed E-state index contributed by atoms with van der Waals surface area (Å²) in [5.74, 6) is 1.03. The second kappa shape index (κ2) is 5.86. The van der Waals surface area contributed by atoms with Gasteiger partial charge in [-0.25, -0.2) is 9.97 Å². The lowest BCUT2D eigenvalue weighted by Gasteiger charge is -1.96. The third kappa shape index (κ3) is 3.09. The fraction of sp³-hybridized carbons (Fsp3) is 0.545. The van der Waals surface area contributed by atoms with Crippen LogP contribution >= 0.6 is 11.8 Å². The third-order valence-electron chi connectivity index (χ3n) is 2.51. The highest BCUT2D eigenvalue weighted by atomic mass is 32.2. The first-order valence-electron chi connectivity index (χ1n) is 5.87. The van der Waals surface area contributed by atoms with Crippen LogP contribution in [0, 0.1) is 0 Å². The Morgan fingerprint density at radius 3 is 3.00 bits per heavy atom. The second-order valence-corrected chi connectivity index (χ2v) is 4.96. The van der Waals surface area contributed by atoms with E-state index in [1.165, 1.54) is 32.0 Å². The van der Waals surface area contributed by atoms with E-state index in [1.54, 1.807) is 11.8 Å². The molecule has 0 aliphatic rings. The smallest absolute Gasteiger partial charge is 0.276 e. The first kappa shape index (κ1) is 12.2. The van der Waals surface area contributed by atoms with Gasteiger partial charge in [-0.1, -0.05) is 37.9 Å². The summed E-state index contributed by atoms with van der Waals surface area (Å²) in [7, 11) is 0. The molecule has 0 radical (unpaired) electrons. The summed E-state index contributed by atoms with van der Waals surface area (Å²) in [5.41, 5.74) is 0.786. The maximum atomic E-state index is 11.4. The van der Waals surface area contributed by atoms with Gasteiger partial charge < -0.3 is 9.97 Å². The number of nitrogens with zero attached hydrogens (tertiary/aromatic N) is 2. The van der Waals surface area contributed by atoms with Gasteiger partial charge in [0.05, 0.1) is 6.33 Å². The Hall–Kier alpha value is -1.30. The molecule has 0 atom stereocenters. The van der Waals surface area contributed by atoms with E-state index in [0.29, 0.717) is 11.2 Å². The van der Waals surface area contributed by atoms with Crippen molar-refractivity contribution >= 4 is 22.9 Å². The summed E-state index contributed by atoms with van der Waals surface area (Å²) in [5, 5.41) is 0.778. The molecule has 2 rings (SSSR count). The lowest BCUT2D eigenvalue weighted by molar-refractivity contribution is 0.706. The molecular weight excluding hydrogens is 236 g/mol. The molecule has 0 aliphatic heterocycles. The molecule has 2 aromatic heterocycles. The van der Waals surface area contributed by atoms with E-state index in [-0.39, 0.29) is 5.56 Å². The second-order valence-electron chi connectivity index (χ2n) is 3.88. The Kier molecular flexibility index (Phi) is 4.19. The molecule has 17 heavy (non-hydrogen) atoms. The molecule has 2 heterocycles. The molecule has 0 aliphatic carbocycles. The van der Waals surface area contributed by atoms with Crippen LogP contribution in [-0.4, -0.2) is 25.7 Å². The zero-order valence-corrected chi connectivity index (χ0v) is 10.6. The SMILES string of the molecule is CCCCCCSc1nc2nc[nH]c(=O)c2[nH]1. The molecule has 2 aromatic rings. The highest BCUT2D eigenvalue weighted by Crippen LogP contribution is 2.17. The minimum absolute atomic E-state index is 0.166. The Morgan fingerprint density at radius 1 is 1.35 bits per heavy atom. The van der Waals surface area contributed by atoms with Crippen LogP contribution in [0.3, 0.4) is 0 Å². The number of hydrogen-bond donors (Lipinski definition) is 2. The van der Waals surface area contributed by atoms with E-state index in [2.05, 4.69) is 26.9 Å². The zero-order valence-electron chi connectivity index (χ0n) is 9.82. The van der Waals surface area contributed by atoms with Crippen LogP contribution in [-0.2, 0) is 0 Å². The maximum absolute atomic E-state index is 11.4. The van der Waals surface area contributed by atoms with Crippen LogP contribution in [0.25, 0.3) is 11.2 Å². The van der Waals surface area contributed by atoms with Gasteiger partial charge in [0.15, 0.2) is 16.3 Å². The van der Waals surface area contributed by atoms with Gasteiger partial charge in [-0.15, -0.1) is 0 Å². The van der Waals surface area contributed by atoms with E-state index in [4.69, 9.17) is 0 Å². The molecule has 0 fully saturated rings. The topological polar surface area (TPSA) is 74.4 Å². The van der Waals surface area contributed by atoms with E-state index in [1.807, 2.05) is 0 Å². The van der Waals surface area contributed by atoms with Crippen LogP contribution in [0.15, 0.2) is 16.3 Å². The third-order valence-corrected chi connectivity index (χ3v) is 3.47. The highest BCUT2D eigenvalue weighted by Gasteiger charge is 2.06. The number of aromatic nitrogens is 4. The largest absolute Gasteiger partial charge is 0.327 e. The number of thioether (sulfide) groups is 1. The molecular formula is C11H16N4OS. The number of aromatic amines is 2. The van der Waals surface area contributed by atoms with Gasteiger partial charge >= 0.3 is 0 Å². The Morgan fingerprint density at radius 2 is 2.24 bits per heavy atom. The van der Waals surface area contributed by atoms with Crippen molar-refractivity contribution in [3.8, 4) is 0 Å². The van der Waals surface area contributed by atoms with E-state index < -0.39 is 0 Å². The van der Waals surface area contributed by atoms with Crippen LogP contribution in [0.4, 0.5) is 0 Å². The predicted octanol–water partition coefficient (Wildman–Crippen LogP) is 2.32. The molecule has 6 heteroatoms. The van der Waals surface area contributed by atoms with Crippen molar-refractivity contribution in [1.82, 2.24) is 19.9 Å². The molecule has 5 nitrogen and oxygen atoms in total. The fourth-order valence-electron chi connectivity index (χ4n) is 1.58. The number of nitrogens with one attached hydrogen (secondary N) is 2. The van der Waals surface area contributed by atoms with Crippen LogP contribution in [0.2, 0.25) is 0 Å². The van der Waals surface area contributed by atoms with Crippen molar-refractivity contribution < 1.29 is 0 Å². The number of imidazole rings is 1. The standard InChI is InChI=1S/C11H16N4OS/c1-2-3-4-5-6-17-11-14-8-9(15-11)12-7-13-10(8)16/h7H,2-6H2,1H3,(H2,12,13,14,15,16). The fourth-order valence-corrected chi connectivity index (χ4v) is 2.45. The summed E-state index contributed by atoms with van der Waals surface area (Å²) in [6.45, 7) is 2.20. The first-order valence-corrected chi connectivity index (χ1v) is 6.86. The van der Waals surface area contributed by atoms with Gasteiger partial charge in [-0.2, -0.15) is 0 Å². The first-order chi connectivity index (χ1) is 8.31. The van der Waals surface area contributed by atoms with Crippen molar-refractivity contribution in [3.05, 3.63) is 16.7 Å². The Labute approximate surface area is 103 Å². The molecule has 0 saturated carbocycles. The highest BCUT2D eigenvalue weighted by molar-refractivity contribution is 7.99. The molecule has 0 bridgehead atoms. The van der Waals surface area contributed by atoms with Gasteiger partial charge in [0.2, 0.25) is 0 Å². The van der Waals surface area contributed by atoms with Crippen LogP contribution < -0.4 is 5.56 Å². The predicted molar refractivity (Wildman–Crippen MR) is 69.4 cm³/mol. The minimum atomic E-state index is -0.166. The van der Waals surface area contributed by atoms with Gasteiger partial charge in [-0.05, 0) is 6.42 Å². The molecule has 0 saturated heterocycles. The zero-order chi connectivity index (χ0) is 12.1. The van der Waals surface area contributed by atoms with Gasteiger partial charge in [0.25, 0.3) is 5.56 Å². The Bertz CT molecular complexity index is 533. The molecule has 92 valence electrons. The number of fused-ring (bicyclic) bond motifs is 1. The van der Waals surface area contributed by atoms with Crippen LogP contribution in [0.1, 0.15) is 32.6 Å². The van der Waals surface area contributed by atoms with Crippen molar-refractivity contribution in [1.29, 1.82) is 0 Å². The van der Waals surface area contributed by atoms with Crippen molar-refractivity contribution in [2.24, 2.45) is 0 Å². The summed E-state index contributed by atoms with van der Waals surface area (Å²) in [6.07, 6.45) is 6.33. The molecule has 0 spiro atoms. The van der Waals surface area contributed by atoms with Gasteiger partial charge in [-0.3, -0.25) is 4.79 Å². The summed E-state index contributed by atoms with van der Waals surface area (Å²) in [6, 6.07) is 0. The number of unbranched alkanes of at least 4 members (excludes halogenated alkanes) is 3. The lowest BCUT2D eigenvalue weighted by Crippen LogP contribution is -2.05. The van der Waals surface area contributed by atoms with E-state index >= 15 is 0 Å². The monoisotopic (exact) mass is 252 g/mol. The number of H-pyrrole nitrogens is 2. The average Bonchev–Trinajstić information content (AvgIpc) is 2.73. The lowest BCUT2D eigenvalue weighted by atomic mass is 10.2. The number of rotatable bonds is 6. The van der Waals surface area contributed by atoms with Crippen molar-refractivity contribution in [2.45, 2.75) is 37.8 Å². The molecule has 0 unspecified atom stereocenters. The van der Waals surface area contributed by atoms with E-state index in [0.717, 1.165) is 10.9 Å². The number of hydrogen-bond acceptors (Lipinski definition) is 4. The van der Waals surface area contributed by atoms with Gasteiger partial charge in [0.1, 0.15) is 0 Å². The molecule has 0 amide bonds. The summed E-state index contributed by atoms with van der Waals surface area (Å²) in [4.78, 5) is 25.2. The van der Waals surface area contributed by atoms with E-state index in [9.17, 15) is 4.79 Å². The quantitative estimate of drug-likeness (QED) is 0.611. The Balaban J connectivity index is 1.96. The maximum Gasteiger partial charge on any atom is 0.276 e.